The molecule has 3 nitrogen and oxygen atoms in total. The Bertz CT molecular complexity index is 211. The molecule has 0 bridgehead atoms. The third-order valence-electron chi connectivity index (χ3n) is 3.99. The van der Waals surface area contributed by atoms with E-state index in [9.17, 15) is 4.79 Å². The van der Waals surface area contributed by atoms with Crippen LogP contribution in [0.5, 0.6) is 0 Å². The maximum atomic E-state index is 10.3. The Hall–Kier alpha value is -0.0375. The first-order valence-electron chi connectivity index (χ1n) is 9.44. The smallest absolute Gasteiger partial charge is 0.407 e. The van der Waals surface area contributed by atoms with Gasteiger partial charge in [-0.2, -0.15) is 0 Å². The van der Waals surface area contributed by atoms with Crippen LogP contribution in [0.15, 0.2) is 0 Å². The Morgan fingerprint density at radius 3 is 1.18 bits per heavy atom. The molecular formula is C18H39AlO3. The third-order valence-corrected chi connectivity index (χ3v) is 3.99. The summed E-state index contributed by atoms with van der Waals surface area (Å²) in [5, 5.41) is 8.52. The van der Waals surface area contributed by atoms with Gasteiger partial charge in [0.25, 0.3) is 0 Å². The SMILES string of the molecule is CCCCCCCCCCCCCCCCCC(=O)O.[OH][AlH2]. The van der Waals surface area contributed by atoms with Crippen LogP contribution in [0.1, 0.15) is 110 Å². The molecule has 0 aliphatic rings. The Balaban J connectivity index is 0. The molecule has 0 radical (unpaired) electrons. The molecule has 0 rings (SSSR count). The summed E-state index contributed by atoms with van der Waals surface area (Å²) < 4.78 is 7.14. The van der Waals surface area contributed by atoms with Crippen LogP contribution in [0.2, 0.25) is 0 Å². The van der Waals surface area contributed by atoms with Gasteiger partial charge in [-0.15, -0.1) is 0 Å². The lowest BCUT2D eigenvalue weighted by Gasteiger charge is -2.03. The maximum Gasteiger partial charge on any atom is 0.407 e. The summed E-state index contributed by atoms with van der Waals surface area (Å²) in [6, 6.07) is 0. The van der Waals surface area contributed by atoms with Gasteiger partial charge in [0.1, 0.15) is 0 Å². The van der Waals surface area contributed by atoms with Gasteiger partial charge in [-0.3, -0.25) is 4.79 Å². The summed E-state index contributed by atoms with van der Waals surface area (Å²) in [5.41, 5.74) is 0. The van der Waals surface area contributed by atoms with Crippen LogP contribution in [-0.4, -0.2) is 31.9 Å². The lowest BCUT2D eigenvalue weighted by atomic mass is 10.0. The van der Waals surface area contributed by atoms with Gasteiger partial charge in [0.05, 0.1) is 0 Å². The predicted octanol–water partition coefficient (Wildman–Crippen LogP) is 4.86. The second-order valence-electron chi connectivity index (χ2n) is 6.09. The summed E-state index contributed by atoms with van der Waals surface area (Å²) in [5.74, 6) is -0.653. The molecule has 0 spiro atoms. The summed E-state index contributed by atoms with van der Waals surface area (Å²) in [6.07, 6.45) is 20.2. The molecule has 0 saturated carbocycles. The molecule has 0 aromatic heterocycles. The standard InChI is InChI=1S/C18H36O2.Al.H2O.2H/c1-2-3-4-5-6-7-8-9-10-11-12-13-14-15-16-17-18(19)20;;;;/h2-17H2,1H3,(H,19,20);;1H2;;/q;+1;;;/p-1. The topological polar surface area (TPSA) is 57.5 Å². The molecule has 0 aliphatic carbocycles. The molecule has 0 atom stereocenters. The number of aliphatic carboxylic acids is 1. The minimum Gasteiger partial charge on any atom is -0.521 e. The van der Waals surface area contributed by atoms with Crippen LogP contribution in [0.4, 0.5) is 0 Å². The molecule has 0 saturated heterocycles. The molecule has 0 unspecified atom stereocenters. The van der Waals surface area contributed by atoms with E-state index in [0.29, 0.717) is 23.0 Å². The van der Waals surface area contributed by atoms with Gasteiger partial charge in [0.15, 0.2) is 0 Å². The molecule has 4 heteroatoms. The van der Waals surface area contributed by atoms with Gasteiger partial charge in [-0.1, -0.05) is 96.8 Å². The van der Waals surface area contributed by atoms with Crippen LogP contribution < -0.4 is 0 Å². The number of rotatable bonds is 16. The third kappa shape index (κ3) is 24.9. The van der Waals surface area contributed by atoms with Gasteiger partial charge in [0.2, 0.25) is 0 Å². The van der Waals surface area contributed by atoms with Crippen LogP contribution in [-0.2, 0) is 4.79 Å². The average molecular weight is 330 g/mol. The fraction of sp³-hybridized carbons (Fsp3) is 0.944. The van der Waals surface area contributed by atoms with Crippen molar-refractivity contribution in [2.24, 2.45) is 0 Å². The number of hydrogen-bond donors (Lipinski definition) is 2. The lowest BCUT2D eigenvalue weighted by Crippen LogP contribution is -1.93. The van der Waals surface area contributed by atoms with E-state index in [4.69, 9.17) is 9.26 Å². The first-order chi connectivity index (χ1) is 10.8. The van der Waals surface area contributed by atoms with Gasteiger partial charge in [0, 0.05) is 6.42 Å². The van der Waals surface area contributed by atoms with Crippen molar-refractivity contribution in [2.45, 2.75) is 110 Å². The van der Waals surface area contributed by atoms with E-state index in [2.05, 4.69) is 6.92 Å². The van der Waals surface area contributed by atoms with Crippen molar-refractivity contribution in [3.63, 3.8) is 0 Å². The van der Waals surface area contributed by atoms with Crippen molar-refractivity contribution in [1.29, 1.82) is 0 Å². The molecule has 132 valence electrons. The Kier molecular flexibility index (Phi) is 25.6. The summed E-state index contributed by atoms with van der Waals surface area (Å²) in [6.45, 7) is 2.27. The van der Waals surface area contributed by atoms with E-state index in [1.807, 2.05) is 0 Å². The first kappa shape index (κ1) is 24.2. The van der Waals surface area contributed by atoms with Gasteiger partial charge in [-0.25, -0.2) is 0 Å². The fourth-order valence-corrected chi connectivity index (χ4v) is 2.65. The minimum atomic E-state index is -0.653. The number of carboxylic acid groups (broad SMARTS) is 1. The highest BCUT2D eigenvalue weighted by atomic mass is 27.1. The zero-order valence-corrected chi connectivity index (χ0v) is 17.1. The Morgan fingerprint density at radius 1 is 0.636 bits per heavy atom. The average Bonchev–Trinajstić information content (AvgIpc) is 2.53. The van der Waals surface area contributed by atoms with E-state index in [-0.39, 0.29) is 0 Å². The Morgan fingerprint density at radius 2 is 0.909 bits per heavy atom. The quantitative estimate of drug-likeness (QED) is 0.314. The molecule has 0 fully saturated rings. The highest BCUT2D eigenvalue weighted by molar-refractivity contribution is 5.95. The number of unbranched alkanes of at least 4 members (excludes halogenated alkanes) is 14. The van der Waals surface area contributed by atoms with E-state index in [1.54, 1.807) is 0 Å². The molecular weight excluding hydrogens is 291 g/mol. The van der Waals surface area contributed by atoms with Crippen LogP contribution in [0, 0.1) is 0 Å². The normalized spacial score (nSPS) is 10.1. The van der Waals surface area contributed by atoms with Crippen molar-refractivity contribution in [1.82, 2.24) is 0 Å². The molecule has 0 amide bonds. The summed E-state index contributed by atoms with van der Waals surface area (Å²) >= 11 is 0.306. The van der Waals surface area contributed by atoms with Crippen LogP contribution in [0.25, 0.3) is 0 Å². The largest absolute Gasteiger partial charge is 0.521 e. The van der Waals surface area contributed by atoms with Crippen LogP contribution >= 0.6 is 0 Å². The number of carboxylic acids is 1. The second-order valence-corrected chi connectivity index (χ2v) is 6.09. The van der Waals surface area contributed by atoms with Crippen molar-refractivity contribution in [3.8, 4) is 0 Å². The molecule has 0 aliphatic heterocycles. The number of hydrogen-bond acceptors (Lipinski definition) is 2. The molecule has 2 N–H and O–H groups in total. The lowest BCUT2D eigenvalue weighted by molar-refractivity contribution is -0.137. The summed E-state index contributed by atoms with van der Waals surface area (Å²) in [7, 11) is 0. The van der Waals surface area contributed by atoms with E-state index in [1.165, 1.54) is 83.5 Å². The highest BCUT2D eigenvalue weighted by Gasteiger charge is 1.97. The molecule has 0 aromatic carbocycles. The highest BCUT2D eigenvalue weighted by Crippen LogP contribution is 2.13. The monoisotopic (exact) mass is 330 g/mol. The zero-order chi connectivity index (χ0) is 16.9. The second kappa shape index (κ2) is 23.2. The van der Waals surface area contributed by atoms with Crippen molar-refractivity contribution >= 4 is 22.6 Å². The van der Waals surface area contributed by atoms with Crippen molar-refractivity contribution in [3.05, 3.63) is 0 Å². The molecule has 0 aromatic rings. The number of carbonyl (C=O) groups is 1. The van der Waals surface area contributed by atoms with Gasteiger partial charge >= 0.3 is 22.6 Å². The van der Waals surface area contributed by atoms with Crippen molar-refractivity contribution in [2.75, 3.05) is 0 Å². The van der Waals surface area contributed by atoms with Crippen LogP contribution in [0.3, 0.4) is 0 Å². The van der Waals surface area contributed by atoms with Gasteiger partial charge in [-0.05, 0) is 6.42 Å². The molecule has 22 heavy (non-hydrogen) atoms. The molecule has 0 heterocycles. The van der Waals surface area contributed by atoms with E-state index < -0.39 is 5.97 Å². The van der Waals surface area contributed by atoms with E-state index >= 15 is 0 Å². The summed E-state index contributed by atoms with van der Waals surface area (Å²) in [4.78, 5) is 10.3. The van der Waals surface area contributed by atoms with Crippen molar-refractivity contribution < 1.29 is 14.1 Å². The Labute approximate surface area is 146 Å². The van der Waals surface area contributed by atoms with E-state index in [0.717, 1.165) is 12.8 Å². The van der Waals surface area contributed by atoms with Gasteiger partial charge < -0.3 is 9.26 Å². The fourth-order valence-electron chi connectivity index (χ4n) is 2.65. The first-order valence-corrected chi connectivity index (χ1v) is 10.3. The maximum absolute atomic E-state index is 10.3. The zero-order valence-electron chi connectivity index (χ0n) is 15.1. The predicted molar refractivity (Wildman–Crippen MR) is 97.9 cm³/mol. The minimum absolute atomic E-state index is 0.306.